The number of amides is 3. The molecule has 0 aliphatic heterocycles. The van der Waals surface area contributed by atoms with E-state index in [1.807, 2.05) is 57.7 Å². The van der Waals surface area contributed by atoms with Crippen molar-refractivity contribution in [3.8, 4) is 0 Å². The van der Waals surface area contributed by atoms with Gasteiger partial charge < -0.3 is 10.2 Å². The molecule has 0 radical (unpaired) electrons. The van der Waals surface area contributed by atoms with Gasteiger partial charge in [-0.3, -0.25) is 10.1 Å². The third-order valence-electron chi connectivity index (χ3n) is 3.20. The Morgan fingerprint density at radius 2 is 1.65 bits per heavy atom. The van der Waals surface area contributed by atoms with Crippen LogP contribution in [0, 0.1) is 5.41 Å². The van der Waals surface area contributed by atoms with Gasteiger partial charge in [-0.05, 0) is 26.0 Å². The fourth-order valence-electron chi connectivity index (χ4n) is 1.76. The largest absolute Gasteiger partial charge is 0.348 e. The van der Waals surface area contributed by atoms with E-state index in [4.69, 9.17) is 0 Å². The fourth-order valence-corrected chi connectivity index (χ4v) is 1.76. The van der Waals surface area contributed by atoms with Gasteiger partial charge >= 0.3 is 6.03 Å². The number of aliphatic imine (C=N–C) groups is 1. The molecule has 126 valence electrons. The minimum absolute atomic E-state index is 0.185. The van der Waals surface area contributed by atoms with Crippen LogP contribution in [0.4, 0.5) is 10.5 Å². The van der Waals surface area contributed by atoms with Crippen molar-refractivity contribution in [1.82, 2.24) is 10.2 Å². The zero-order chi connectivity index (χ0) is 17.5. The summed E-state index contributed by atoms with van der Waals surface area (Å²) in [5.41, 5.74) is 0.0893. The normalized spacial score (nSPS) is 11.8. The molecule has 1 aromatic rings. The minimum Gasteiger partial charge on any atom is -0.343 e. The van der Waals surface area contributed by atoms with Crippen LogP contribution in [0.2, 0.25) is 0 Å². The lowest BCUT2D eigenvalue weighted by molar-refractivity contribution is -0.127. The van der Waals surface area contributed by atoms with Gasteiger partial charge in [0.05, 0.1) is 0 Å². The van der Waals surface area contributed by atoms with Gasteiger partial charge in [-0.1, -0.05) is 39.0 Å². The van der Waals surface area contributed by atoms with Crippen LogP contribution in [0.3, 0.4) is 0 Å². The van der Waals surface area contributed by atoms with Crippen LogP contribution in [-0.4, -0.2) is 35.9 Å². The van der Waals surface area contributed by atoms with E-state index in [2.05, 4.69) is 15.6 Å². The standard InChI is InChI=1S/C17H26N4O2/c1-6-21(7-2)15(19-14(22)17(3,4)5)20-16(23)18-13-11-9-8-10-12-13/h8-12H,6-7H2,1-5H3,(H2,18,19,20,22,23). The summed E-state index contributed by atoms with van der Waals surface area (Å²) in [7, 11) is 0. The lowest BCUT2D eigenvalue weighted by Gasteiger charge is -2.26. The lowest BCUT2D eigenvalue weighted by Crippen LogP contribution is -2.48. The molecule has 0 unspecified atom stereocenters. The van der Waals surface area contributed by atoms with E-state index in [1.54, 1.807) is 12.1 Å². The number of nitrogens with one attached hydrogen (secondary N) is 2. The van der Waals surface area contributed by atoms with Crippen LogP contribution < -0.4 is 10.6 Å². The van der Waals surface area contributed by atoms with Crippen molar-refractivity contribution >= 4 is 23.6 Å². The first-order chi connectivity index (χ1) is 10.8. The van der Waals surface area contributed by atoms with E-state index in [1.165, 1.54) is 0 Å². The average Bonchev–Trinajstić information content (AvgIpc) is 2.48. The van der Waals surface area contributed by atoms with Gasteiger partial charge in [-0.25, -0.2) is 4.79 Å². The number of anilines is 1. The van der Waals surface area contributed by atoms with Gasteiger partial charge in [0.1, 0.15) is 0 Å². The molecule has 1 aromatic carbocycles. The third-order valence-corrected chi connectivity index (χ3v) is 3.20. The van der Waals surface area contributed by atoms with Gasteiger partial charge in [0, 0.05) is 24.2 Å². The van der Waals surface area contributed by atoms with E-state index in [-0.39, 0.29) is 11.9 Å². The molecule has 0 fully saturated rings. The Labute approximate surface area is 138 Å². The second-order valence-electron chi connectivity index (χ2n) is 6.11. The van der Waals surface area contributed by atoms with E-state index in [9.17, 15) is 9.59 Å². The molecular weight excluding hydrogens is 292 g/mol. The van der Waals surface area contributed by atoms with Gasteiger partial charge in [-0.2, -0.15) is 4.99 Å². The van der Waals surface area contributed by atoms with Crippen molar-refractivity contribution < 1.29 is 9.59 Å². The molecule has 0 heterocycles. The molecular formula is C17H26N4O2. The van der Waals surface area contributed by atoms with Crippen LogP contribution in [0.15, 0.2) is 35.3 Å². The summed E-state index contributed by atoms with van der Waals surface area (Å²) < 4.78 is 0. The molecule has 0 atom stereocenters. The summed E-state index contributed by atoms with van der Waals surface area (Å²) in [4.78, 5) is 30.2. The highest BCUT2D eigenvalue weighted by molar-refractivity contribution is 6.05. The van der Waals surface area contributed by atoms with Crippen molar-refractivity contribution in [2.24, 2.45) is 10.4 Å². The summed E-state index contributed by atoms with van der Waals surface area (Å²) in [5, 5.41) is 5.43. The number of hydrogen-bond donors (Lipinski definition) is 2. The summed E-state index contributed by atoms with van der Waals surface area (Å²) in [6, 6.07) is 8.55. The van der Waals surface area contributed by atoms with Gasteiger partial charge in [0.2, 0.25) is 11.9 Å². The van der Waals surface area contributed by atoms with Crippen molar-refractivity contribution in [3.05, 3.63) is 30.3 Å². The number of carbonyl (C=O) groups excluding carboxylic acids is 2. The highest BCUT2D eigenvalue weighted by atomic mass is 16.2. The Kier molecular flexibility index (Phi) is 6.75. The predicted octanol–water partition coefficient (Wildman–Crippen LogP) is 3.08. The van der Waals surface area contributed by atoms with Crippen LogP contribution in [0.1, 0.15) is 34.6 Å². The quantitative estimate of drug-likeness (QED) is 0.664. The van der Waals surface area contributed by atoms with E-state index >= 15 is 0 Å². The smallest absolute Gasteiger partial charge is 0.343 e. The molecule has 0 saturated carbocycles. The topological polar surface area (TPSA) is 73.8 Å². The first kappa shape index (κ1) is 18.7. The fraction of sp³-hybridized carbons (Fsp3) is 0.471. The van der Waals surface area contributed by atoms with E-state index < -0.39 is 11.4 Å². The van der Waals surface area contributed by atoms with Crippen LogP contribution >= 0.6 is 0 Å². The molecule has 23 heavy (non-hydrogen) atoms. The number of urea groups is 1. The number of hydrogen-bond acceptors (Lipinski definition) is 2. The summed E-state index contributed by atoms with van der Waals surface area (Å²) in [6.45, 7) is 10.6. The molecule has 0 aromatic heterocycles. The lowest BCUT2D eigenvalue weighted by atomic mass is 9.96. The molecule has 0 aliphatic rings. The third kappa shape index (κ3) is 6.10. The molecule has 3 amide bonds. The van der Waals surface area contributed by atoms with Crippen LogP contribution in [0.5, 0.6) is 0 Å². The van der Waals surface area contributed by atoms with Gasteiger partial charge in [0.15, 0.2) is 0 Å². The molecule has 6 nitrogen and oxygen atoms in total. The van der Waals surface area contributed by atoms with Crippen LogP contribution in [-0.2, 0) is 4.79 Å². The Morgan fingerprint density at radius 3 is 2.13 bits per heavy atom. The summed E-state index contributed by atoms with van der Waals surface area (Å²) in [5.74, 6) is 0.0824. The number of benzene rings is 1. The maximum absolute atomic E-state index is 12.2. The highest BCUT2D eigenvalue weighted by Crippen LogP contribution is 2.13. The number of rotatable bonds is 3. The first-order valence-corrected chi connectivity index (χ1v) is 7.79. The monoisotopic (exact) mass is 318 g/mol. The summed E-state index contributed by atoms with van der Waals surface area (Å²) in [6.07, 6.45) is 0. The van der Waals surface area contributed by atoms with Crippen molar-refractivity contribution in [1.29, 1.82) is 0 Å². The molecule has 0 aliphatic carbocycles. The Bertz CT molecular complexity index is 558. The van der Waals surface area contributed by atoms with E-state index in [0.29, 0.717) is 18.8 Å². The minimum atomic E-state index is -0.566. The predicted molar refractivity (Wildman–Crippen MR) is 93.4 cm³/mol. The molecule has 0 spiro atoms. The van der Waals surface area contributed by atoms with Crippen molar-refractivity contribution in [2.45, 2.75) is 34.6 Å². The number of nitrogens with zero attached hydrogens (tertiary/aromatic N) is 2. The molecule has 0 bridgehead atoms. The second-order valence-corrected chi connectivity index (χ2v) is 6.11. The molecule has 6 heteroatoms. The Hall–Kier alpha value is -2.37. The number of carbonyl (C=O) groups is 2. The van der Waals surface area contributed by atoms with Crippen LogP contribution in [0.25, 0.3) is 0 Å². The molecule has 1 rings (SSSR count). The van der Waals surface area contributed by atoms with Gasteiger partial charge in [-0.15, -0.1) is 0 Å². The maximum atomic E-state index is 12.2. The second kappa shape index (κ2) is 8.31. The van der Waals surface area contributed by atoms with Gasteiger partial charge in [0.25, 0.3) is 0 Å². The average molecular weight is 318 g/mol. The summed E-state index contributed by atoms with van der Waals surface area (Å²) >= 11 is 0. The Balaban J connectivity index is 2.94. The zero-order valence-electron chi connectivity index (χ0n) is 14.5. The van der Waals surface area contributed by atoms with Crippen molar-refractivity contribution in [2.75, 3.05) is 18.4 Å². The number of guanidine groups is 1. The highest BCUT2D eigenvalue weighted by Gasteiger charge is 2.24. The maximum Gasteiger partial charge on any atom is 0.348 e. The SMILES string of the molecule is CCN(CC)/C(=N\C(=O)Nc1ccccc1)NC(=O)C(C)(C)C. The zero-order valence-corrected chi connectivity index (χ0v) is 14.5. The Morgan fingerprint density at radius 1 is 1.09 bits per heavy atom. The molecule has 2 N–H and O–H groups in total. The number of para-hydroxylation sites is 1. The van der Waals surface area contributed by atoms with Crippen molar-refractivity contribution in [3.63, 3.8) is 0 Å². The van der Waals surface area contributed by atoms with E-state index in [0.717, 1.165) is 0 Å². The molecule has 0 saturated heterocycles. The first-order valence-electron chi connectivity index (χ1n) is 7.79.